The van der Waals surface area contributed by atoms with Gasteiger partial charge < -0.3 is 9.30 Å². The van der Waals surface area contributed by atoms with Gasteiger partial charge >= 0.3 is 0 Å². The van der Waals surface area contributed by atoms with Crippen LogP contribution in [0.25, 0.3) is 10.9 Å². The van der Waals surface area contributed by atoms with Crippen molar-refractivity contribution < 1.29 is 17.9 Å². The minimum Gasteiger partial charge on any atom is -0.497 e. The number of ether oxygens (including phenoxy) is 1. The molecule has 0 radical (unpaired) electrons. The standard InChI is InChI=1S/C30H30N2O4S/c1-22-13-19-25(20-14-22)37(34,35)32(3)30(33)12-8-6-9-26(23-15-17-24(36-4)18-16-23)28-21-31(2)29-11-7-5-10-27(28)29/h5-21,26H,1-4H3/b9-6+,12-8+. The summed E-state index contributed by atoms with van der Waals surface area (Å²) in [6.45, 7) is 1.87. The van der Waals surface area contributed by atoms with E-state index in [1.54, 1.807) is 31.4 Å². The number of benzene rings is 3. The Morgan fingerprint density at radius 2 is 1.65 bits per heavy atom. The molecule has 37 heavy (non-hydrogen) atoms. The fourth-order valence-electron chi connectivity index (χ4n) is 4.23. The number of para-hydroxylation sites is 1. The molecule has 0 aliphatic carbocycles. The lowest BCUT2D eigenvalue weighted by Gasteiger charge is -2.16. The molecule has 3 aromatic carbocycles. The molecule has 1 amide bonds. The van der Waals surface area contributed by atoms with Crippen molar-refractivity contribution in [2.75, 3.05) is 14.2 Å². The number of carbonyl (C=O) groups excluding carboxylic acids is 1. The van der Waals surface area contributed by atoms with Crippen molar-refractivity contribution in [1.29, 1.82) is 0 Å². The van der Waals surface area contributed by atoms with Crippen molar-refractivity contribution in [2.24, 2.45) is 7.05 Å². The number of hydrogen-bond acceptors (Lipinski definition) is 4. The normalized spacial score (nSPS) is 12.9. The number of fused-ring (bicyclic) bond motifs is 1. The number of sulfonamides is 1. The lowest BCUT2D eigenvalue weighted by Crippen LogP contribution is -2.31. The van der Waals surface area contributed by atoms with Crippen LogP contribution in [0.2, 0.25) is 0 Å². The second kappa shape index (κ2) is 10.9. The van der Waals surface area contributed by atoms with Gasteiger partial charge in [0.2, 0.25) is 0 Å². The smallest absolute Gasteiger partial charge is 0.266 e. The lowest BCUT2D eigenvalue weighted by molar-refractivity contribution is -0.120. The van der Waals surface area contributed by atoms with E-state index in [2.05, 4.69) is 22.9 Å². The summed E-state index contributed by atoms with van der Waals surface area (Å²) < 4.78 is 33.8. The van der Waals surface area contributed by atoms with E-state index < -0.39 is 15.9 Å². The maximum absolute atomic E-state index is 12.8. The summed E-state index contributed by atoms with van der Waals surface area (Å²) in [5, 5.41) is 1.14. The average Bonchev–Trinajstić information content (AvgIpc) is 3.24. The third-order valence-electron chi connectivity index (χ3n) is 6.38. The van der Waals surface area contributed by atoms with Crippen LogP contribution in [0, 0.1) is 6.92 Å². The van der Waals surface area contributed by atoms with E-state index in [9.17, 15) is 13.2 Å². The topological polar surface area (TPSA) is 68.6 Å². The van der Waals surface area contributed by atoms with Crippen molar-refractivity contribution in [3.63, 3.8) is 0 Å². The zero-order valence-corrected chi connectivity index (χ0v) is 22.1. The number of aromatic nitrogens is 1. The van der Waals surface area contributed by atoms with E-state index >= 15 is 0 Å². The Balaban J connectivity index is 1.61. The number of carbonyl (C=O) groups is 1. The number of hydrogen-bond donors (Lipinski definition) is 0. The first-order valence-electron chi connectivity index (χ1n) is 11.8. The molecule has 0 spiro atoms. The molecule has 0 saturated carbocycles. The van der Waals surface area contributed by atoms with Gasteiger partial charge in [0.25, 0.3) is 15.9 Å². The van der Waals surface area contributed by atoms with Crippen LogP contribution in [0.4, 0.5) is 0 Å². The van der Waals surface area contributed by atoms with Gasteiger partial charge in [-0.05, 0) is 48.4 Å². The fourth-order valence-corrected chi connectivity index (χ4v) is 5.33. The molecule has 0 aliphatic rings. The number of rotatable bonds is 8. The summed E-state index contributed by atoms with van der Waals surface area (Å²) in [7, 11) is 0.988. The molecule has 4 rings (SSSR count). The second-order valence-corrected chi connectivity index (χ2v) is 10.8. The molecule has 1 atom stereocenters. The Morgan fingerprint density at radius 3 is 2.32 bits per heavy atom. The number of nitrogens with zero attached hydrogens (tertiary/aromatic N) is 2. The molecule has 0 bridgehead atoms. The summed E-state index contributed by atoms with van der Waals surface area (Å²) in [5.74, 6) is 0.0508. The molecule has 190 valence electrons. The van der Waals surface area contributed by atoms with Gasteiger partial charge in [0, 0.05) is 43.2 Å². The molecule has 0 N–H and O–H groups in total. The van der Waals surface area contributed by atoms with Gasteiger partial charge in [0.1, 0.15) is 5.75 Å². The van der Waals surface area contributed by atoms with Crippen molar-refractivity contribution in [1.82, 2.24) is 8.87 Å². The van der Waals surface area contributed by atoms with E-state index in [1.165, 1.54) is 25.3 Å². The Morgan fingerprint density at radius 1 is 0.973 bits per heavy atom. The van der Waals surface area contributed by atoms with Crippen LogP contribution in [0.15, 0.2) is 108 Å². The van der Waals surface area contributed by atoms with Gasteiger partial charge in [0.15, 0.2) is 0 Å². The van der Waals surface area contributed by atoms with Crippen LogP contribution in [-0.2, 0) is 21.9 Å². The molecule has 1 heterocycles. The molecular weight excluding hydrogens is 484 g/mol. The van der Waals surface area contributed by atoms with E-state index in [0.29, 0.717) is 0 Å². The van der Waals surface area contributed by atoms with E-state index in [0.717, 1.165) is 37.6 Å². The van der Waals surface area contributed by atoms with Crippen molar-refractivity contribution in [3.05, 3.63) is 120 Å². The van der Waals surface area contributed by atoms with Crippen molar-refractivity contribution >= 4 is 26.8 Å². The van der Waals surface area contributed by atoms with Crippen LogP contribution in [0.5, 0.6) is 5.75 Å². The van der Waals surface area contributed by atoms with Crippen LogP contribution >= 0.6 is 0 Å². The first-order chi connectivity index (χ1) is 17.7. The van der Waals surface area contributed by atoms with Crippen molar-refractivity contribution in [3.8, 4) is 5.75 Å². The van der Waals surface area contributed by atoms with E-state index in [1.807, 2.05) is 56.4 Å². The monoisotopic (exact) mass is 514 g/mol. The van der Waals surface area contributed by atoms with Gasteiger partial charge in [-0.2, -0.15) is 0 Å². The van der Waals surface area contributed by atoms with E-state index in [4.69, 9.17) is 4.74 Å². The fraction of sp³-hybridized carbons (Fsp3) is 0.167. The quantitative estimate of drug-likeness (QED) is 0.227. The highest BCUT2D eigenvalue weighted by molar-refractivity contribution is 7.89. The molecule has 0 fully saturated rings. The largest absolute Gasteiger partial charge is 0.497 e. The highest BCUT2D eigenvalue weighted by Gasteiger charge is 2.23. The molecular formula is C30H30N2O4S. The minimum atomic E-state index is -3.93. The first-order valence-corrected chi connectivity index (χ1v) is 13.3. The summed E-state index contributed by atoms with van der Waals surface area (Å²) in [4.78, 5) is 12.7. The Labute approximate surface area is 218 Å². The van der Waals surface area contributed by atoms with Gasteiger partial charge in [-0.15, -0.1) is 0 Å². The molecule has 0 saturated heterocycles. The Hall–Kier alpha value is -4.10. The van der Waals surface area contributed by atoms with Crippen LogP contribution < -0.4 is 4.74 Å². The van der Waals surface area contributed by atoms with Gasteiger partial charge in [0.05, 0.1) is 12.0 Å². The number of allylic oxidation sites excluding steroid dienone is 3. The summed E-state index contributed by atoms with van der Waals surface area (Å²) >= 11 is 0. The zero-order chi connectivity index (χ0) is 26.6. The zero-order valence-electron chi connectivity index (χ0n) is 21.3. The highest BCUT2D eigenvalue weighted by Crippen LogP contribution is 2.34. The second-order valence-electron chi connectivity index (χ2n) is 8.83. The van der Waals surface area contributed by atoms with Gasteiger partial charge in [-0.25, -0.2) is 12.7 Å². The summed E-state index contributed by atoms with van der Waals surface area (Å²) in [5.41, 5.74) is 4.25. The molecule has 7 heteroatoms. The van der Waals surface area contributed by atoms with Gasteiger partial charge in [-0.3, -0.25) is 4.79 Å². The predicted octanol–water partition coefficient (Wildman–Crippen LogP) is 5.59. The maximum atomic E-state index is 12.8. The predicted molar refractivity (Wildman–Crippen MR) is 147 cm³/mol. The Kier molecular flexibility index (Phi) is 7.64. The molecule has 4 aromatic rings. The first kappa shape index (κ1) is 26.0. The number of likely N-dealkylation sites (N-methyl/N-ethyl adjacent to an activating group) is 1. The van der Waals surface area contributed by atoms with Crippen LogP contribution in [-0.4, -0.2) is 37.4 Å². The number of aryl methyl sites for hydroxylation is 2. The highest BCUT2D eigenvalue weighted by atomic mass is 32.2. The SMILES string of the molecule is COc1ccc(C(/C=C/C=C/C(=O)N(C)S(=O)(=O)c2ccc(C)cc2)c2cn(C)c3ccccc23)cc1. The van der Waals surface area contributed by atoms with E-state index in [-0.39, 0.29) is 10.8 Å². The van der Waals surface area contributed by atoms with Crippen LogP contribution in [0.3, 0.4) is 0 Å². The minimum absolute atomic E-state index is 0.0772. The molecule has 0 aliphatic heterocycles. The number of amides is 1. The summed E-state index contributed by atoms with van der Waals surface area (Å²) in [6, 6.07) is 22.5. The molecule has 6 nitrogen and oxygen atoms in total. The third-order valence-corrected chi connectivity index (χ3v) is 8.15. The summed E-state index contributed by atoms with van der Waals surface area (Å²) in [6.07, 6.45) is 8.73. The number of methoxy groups -OCH3 is 1. The lowest BCUT2D eigenvalue weighted by atomic mass is 9.90. The van der Waals surface area contributed by atoms with Crippen molar-refractivity contribution in [2.45, 2.75) is 17.7 Å². The maximum Gasteiger partial charge on any atom is 0.266 e. The Bertz CT molecular complexity index is 1560. The van der Waals surface area contributed by atoms with Gasteiger partial charge in [-0.1, -0.05) is 66.3 Å². The third kappa shape index (κ3) is 5.52. The van der Waals surface area contributed by atoms with Crippen LogP contribution in [0.1, 0.15) is 22.6 Å². The molecule has 1 aromatic heterocycles. The average molecular weight is 515 g/mol. The molecule has 1 unspecified atom stereocenters.